The first-order valence-corrected chi connectivity index (χ1v) is 15.5. The molecule has 0 spiro atoms. The van der Waals surface area contributed by atoms with Gasteiger partial charge < -0.3 is 9.47 Å². The summed E-state index contributed by atoms with van der Waals surface area (Å²) in [5.41, 5.74) is 4.47. The number of carbonyl (C=O) groups is 1. The van der Waals surface area contributed by atoms with Crippen LogP contribution >= 0.6 is 0 Å². The molecule has 1 amide bonds. The second-order valence-electron chi connectivity index (χ2n) is 11.4. The van der Waals surface area contributed by atoms with E-state index >= 15 is 0 Å². The van der Waals surface area contributed by atoms with Gasteiger partial charge in [-0.2, -0.15) is 0 Å². The molecular formula is C34H49N3O. The van der Waals surface area contributed by atoms with Crippen molar-refractivity contribution in [3.05, 3.63) is 59.9 Å². The Bertz CT molecular complexity index is 1120. The van der Waals surface area contributed by atoms with Gasteiger partial charge in [-0.15, -0.1) is 0 Å². The number of para-hydroxylation sites is 2. The van der Waals surface area contributed by atoms with Crippen LogP contribution in [0.25, 0.3) is 11.0 Å². The van der Waals surface area contributed by atoms with Crippen LogP contribution in [0.5, 0.6) is 0 Å². The first-order valence-electron chi connectivity index (χ1n) is 15.5. The molecule has 2 heterocycles. The van der Waals surface area contributed by atoms with Crippen LogP contribution in [0.2, 0.25) is 0 Å². The Kier molecular flexibility index (Phi) is 11.3. The molecule has 1 aliphatic heterocycles. The van der Waals surface area contributed by atoms with Crippen molar-refractivity contribution >= 4 is 22.6 Å². The third kappa shape index (κ3) is 7.94. The summed E-state index contributed by atoms with van der Waals surface area (Å²) >= 11 is 0. The van der Waals surface area contributed by atoms with Crippen LogP contribution in [0.4, 0.5) is 5.69 Å². The molecule has 1 atom stereocenters. The van der Waals surface area contributed by atoms with Gasteiger partial charge in [-0.3, -0.25) is 4.79 Å². The fourth-order valence-corrected chi connectivity index (χ4v) is 5.96. The summed E-state index contributed by atoms with van der Waals surface area (Å²) in [7, 11) is 0. The zero-order chi connectivity index (χ0) is 26.6. The third-order valence-corrected chi connectivity index (χ3v) is 8.26. The van der Waals surface area contributed by atoms with Crippen molar-refractivity contribution in [3.63, 3.8) is 0 Å². The molecule has 0 bridgehead atoms. The predicted molar refractivity (Wildman–Crippen MR) is 161 cm³/mol. The molecule has 1 fully saturated rings. The highest BCUT2D eigenvalue weighted by molar-refractivity contribution is 5.96. The lowest BCUT2D eigenvalue weighted by Crippen LogP contribution is -2.24. The maximum Gasteiger partial charge on any atom is 0.227 e. The van der Waals surface area contributed by atoms with Crippen molar-refractivity contribution in [2.75, 3.05) is 11.4 Å². The molecule has 1 aromatic heterocycles. The zero-order valence-electron chi connectivity index (χ0n) is 24.0. The summed E-state index contributed by atoms with van der Waals surface area (Å²) in [6.45, 7) is 6.07. The van der Waals surface area contributed by atoms with Gasteiger partial charge in [-0.1, -0.05) is 120 Å². The molecule has 0 unspecified atom stereocenters. The van der Waals surface area contributed by atoms with Gasteiger partial charge >= 0.3 is 0 Å². The molecule has 206 valence electrons. The Morgan fingerprint density at radius 2 is 1.34 bits per heavy atom. The minimum Gasteiger partial charge on any atom is -0.328 e. The number of unbranched alkanes of at least 4 members (excludes halogenated alkanes) is 13. The van der Waals surface area contributed by atoms with Gasteiger partial charge in [0.2, 0.25) is 5.91 Å². The molecule has 1 aliphatic rings. The third-order valence-electron chi connectivity index (χ3n) is 8.26. The van der Waals surface area contributed by atoms with Crippen LogP contribution in [0.1, 0.15) is 121 Å². The molecule has 2 aromatic carbocycles. The number of fused-ring (bicyclic) bond motifs is 1. The molecule has 38 heavy (non-hydrogen) atoms. The number of aryl methyl sites for hydroxylation is 2. The lowest BCUT2D eigenvalue weighted by atomic mass is 10.0. The largest absolute Gasteiger partial charge is 0.328 e. The fourth-order valence-electron chi connectivity index (χ4n) is 5.96. The molecule has 0 aliphatic carbocycles. The summed E-state index contributed by atoms with van der Waals surface area (Å²) in [5.74, 6) is 1.43. The monoisotopic (exact) mass is 515 g/mol. The predicted octanol–water partition coefficient (Wildman–Crippen LogP) is 9.35. The van der Waals surface area contributed by atoms with E-state index < -0.39 is 0 Å². The SMILES string of the molecule is CCCCCCCCCCCCCCCCn1c([C@@H]2CC(=O)N(c3ccc(C)cc3)C2)nc2ccccc21. The molecule has 4 heteroatoms. The van der Waals surface area contributed by atoms with Crippen LogP contribution in [-0.4, -0.2) is 22.0 Å². The summed E-state index contributed by atoms with van der Waals surface area (Å²) in [6, 6.07) is 16.8. The molecule has 1 saturated heterocycles. The number of anilines is 1. The number of imidazole rings is 1. The summed E-state index contributed by atoms with van der Waals surface area (Å²) in [6.07, 6.45) is 19.8. The highest BCUT2D eigenvalue weighted by Gasteiger charge is 2.34. The van der Waals surface area contributed by atoms with Gasteiger partial charge in [-0.25, -0.2) is 4.98 Å². The van der Waals surface area contributed by atoms with Crippen LogP contribution in [0.3, 0.4) is 0 Å². The van der Waals surface area contributed by atoms with Gasteiger partial charge in [0, 0.05) is 31.1 Å². The van der Waals surface area contributed by atoms with Crippen LogP contribution in [0, 0.1) is 6.92 Å². The molecular weight excluding hydrogens is 466 g/mol. The Morgan fingerprint density at radius 3 is 1.97 bits per heavy atom. The van der Waals surface area contributed by atoms with Crippen molar-refractivity contribution in [3.8, 4) is 0 Å². The number of rotatable bonds is 17. The second-order valence-corrected chi connectivity index (χ2v) is 11.4. The van der Waals surface area contributed by atoms with Crippen molar-refractivity contribution in [1.29, 1.82) is 0 Å². The average molecular weight is 516 g/mol. The number of amides is 1. The van der Waals surface area contributed by atoms with Crippen LogP contribution < -0.4 is 4.90 Å². The van der Waals surface area contributed by atoms with Gasteiger partial charge in [0.15, 0.2) is 0 Å². The Hall–Kier alpha value is -2.62. The van der Waals surface area contributed by atoms with Crippen LogP contribution in [-0.2, 0) is 11.3 Å². The van der Waals surface area contributed by atoms with E-state index in [4.69, 9.17) is 4.98 Å². The second kappa shape index (κ2) is 15.1. The summed E-state index contributed by atoms with van der Waals surface area (Å²) < 4.78 is 2.41. The number of hydrogen-bond donors (Lipinski definition) is 0. The van der Waals surface area contributed by atoms with E-state index in [1.807, 2.05) is 4.90 Å². The Balaban J connectivity index is 1.22. The normalized spacial score (nSPS) is 15.7. The molecule has 4 rings (SSSR count). The number of hydrogen-bond acceptors (Lipinski definition) is 2. The van der Waals surface area contributed by atoms with Crippen molar-refractivity contribution in [2.24, 2.45) is 0 Å². The molecule has 0 N–H and O–H groups in total. The van der Waals surface area contributed by atoms with E-state index in [0.29, 0.717) is 13.0 Å². The van der Waals surface area contributed by atoms with Crippen molar-refractivity contribution < 1.29 is 4.79 Å². The highest BCUT2D eigenvalue weighted by atomic mass is 16.2. The van der Waals surface area contributed by atoms with E-state index in [0.717, 1.165) is 23.6 Å². The van der Waals surface area contributed by atoms with E-state index in [2.05, 4.69) is 66.9 Å². The zero-order valence-corrected chi connectivity index (χ0v) is 24.0. The van der Waals surface area contributed by atoms with E-state index in [9.17, 15) is 4.79 Å². The number of nitrogens with zero attached hydrogens (tertiary/aromatic N) is 3. The van der Waals surface area contributed by atoms with E-state index in [1.54, 1.807) is 0 Å². The van der Waals surface area contributed by atoms with Gasteiger partial charge in [0.25, 0.3) is 0 Å². The average Bonchev–Trinajstić information content (AvgIpc) is 3.49. The number of carbonyl (C=O) groups excluding carboxylic acids is 1. The molecule has 0 saturated carbocycles. The topological polar surface area (TPSA) is 38.1 Å². The highest BCUT2D eigenvalue weighted by Crippen LogP contribution is 2.33. The van der Waals surface area contributed by atoms with Crippen LogP contribution in [0.15, 0.2) is 48.5 Å². The first-order chi connectivity index (χ1) is 18.7. The van der Waals surface area contributed by atoms with Gasteiger partial charge in [0.1, 0.15) is 5.82 Å². The maximum absolute atomic E-state index is 13.0. The van der Waals surface area contributed by atoms with E-state index in [-0.39, 0.29) is 11.8 Å². The van der Waals surface area contributed by atoms with Crippen molar-refractivity contribution in [2.45, 2.75) is 123 Å². The smallest absolute Gasteiger partial charge is 0.227 e. The first kappa shape index (κ1) is 28.4. The van der Waals surface area contributed by atoms with E-state index in [1.165, 1.54) is 101 Å². The minimum atomic E-state index is 0.142. The van der Waals surface area contributed by atoms with Gasteiger partial charge in [0.05, 0.1) is 11.0 Å². The lowest BCUT2D eigenvalue weighted by Gasteiger charge is -2.17. The quantitative estimate of drug-likeness (QED) is 0.168. The molecule has 4 nitrogen and oxygen atoms in total. The molecule has 0 radical (unpaired) electrons. The fraction of sp³-hybridized carbons (Fsp3) is 0.588. The van der Waals surface area contributed by atoms with Crippen molar-refractivity contribution in [1.82, 2.24) is 9.55 Å². The lowest BCUT2D eigenvalue weighted by molar-refractivity contribution is -0.117. The Morgan fingerprint density at radius 1 is 0.763 bits per heavy atom. The number of aromatic nitrogens is 2. The minimum absolute atomic E-state index is 0.142. The summed E-state index contributed by atoms with van der Waals surface area (Å²) in [4.78, 5) is 19.9. The standard InChI is InChI=1S/C34H49N3O/c1-3-4-5-6-7-8-9-10-11-12-13-14-15-18-25-36-32-20-17-16-19-31(32)35-34(36)29-26-33(38)37(27-29)30-23-21-28(2)22-24-30/h16-17,19-24,29H,3-15,18,25-27H2,1-2H3/t29-/m1/s1. The summed E-state index contributed by atoms with van der Waals surface area (Å²) in [5, 5.41) is 0. The van der Waals surface area contributed by atoms with Gasteiger partial charge in [-0.05, 0) is 37.6 Å². The molecule has 3 aromatic rings. The Labute approximate surface area is 230 Å². The maximum atomic E-state index is 13.0. The number of benzene rings is 2.